The minimum absolute atomic E-state index is 0.0332. The van der Waals surface area contributed by atoms with Gasteiger partial charge in [-0.3, -0.25) is 4.79 Å². The maximum atomic E-state index is 14.4. The number of benzene rings is 1. The molecule has 2 aliphatic heterocycles. The van der Waals surface area contributed by atoms with Gasteiger partial charge in [0.25, 0.3) is 5.91 Å². The van der Waals surface area contributed by atoms with Crippen molar-refractivity contribution < 1.29 is 27.1 Å². The predicted molar refractivity (Wildman–Crippen MR) is 101 cm³/mol. The van der Waals surface area contributed by atoms with Crippen molar-refractivity contribution in [2.75, 3.05) is 39.4 Å². The topological polar surface area (TPSA) is 76.2 Å². The zero-order valence-electron chi connectivity index (χ0n) is 16.3. The molecule has 0 aromatic heterocycles. The van der Waals surface area contributed by atoms with E-state index in [2.05, 4.69) is 0 Å². The molecule has 0 spiro atoms. The van der Waals surface area contributed by atoms with Crippen LogP contribution in [0.25, 0.3) is 0 Å². The summed E-state index contributed by atoms with van der Waals surface area (Å²) < 4.78 is 52.2. The number of rotatable bonds is 6. The Morgan fingerprint density at radius 3 is 2.57 bits per heavy atom. The molecule has 0 N–H and O–H groups in total. The zero-order valence-corrected chi connectivity index (χ0v) is 17.1. The van der Waals surface area contributed by atoms with Crippen LogP contribution in [-0.4, -0.2) is 69.2 Å². The number of halogens is 1. The molecule has 1 atom stereocenters. The monoisotopic (exact) mass is 414 g/mol. The Labute approximate surface area is 165 Å². The van der Waals surface area contributed by atoms with Crippen molar-refractivity contribution in [1.29, 1.82) is 0 Å². The molecule has 2 saturated heterocycles. The van der Waals surface area contributed by atoms with Gasteiger partial charge in [-0.05, 0) is 31.0 Å². The summed E-state index contributed by atoms with van der Waals surface area (Å²) in [6, 6.07) is 3.41. The van der Waals surface area contributed by atoms with Gasteiger partial charge < -0.3 is 14.4 Å². The number of ether oxygens (including phenoxy) is 2. The second kappa shape index (κ2) is 8.86. The molecule has 1 unspecified atom stereocenters. The van der Waals surface area contributed by atoms with Crippen molar-refractivity contribution in [1.82, 2.24) is 9.21 Å². The smallest absolute Gasteiger partial charge is 0.256 e. The predicted octanol–water partition coefficient (Wildman–Crippen LogP) is 2.08. The number of carbonyl (C=O) groups is 1. The molecule has 0 radical (unpaired) electrons. The van der Waals surface area contributed by atoms with Gasteiger partial charge in [-0.25, -0.2) is 12.8 Å². The first-order valence-electron chi connectivity index (χ1n) is 9.70. The molecule has 1 aromatic rings. The van der Waals surface area contributed by atoms with Crippen molar-refractivity contribution in [3.63, 3.8) is 0 Å². The fourth-order valence-electron chi connectivity index (χ4n) is 3.78. The van der Waals surface area contributed by atoms with Crippen LogP contribution in [0.5, 0.6) is 0 Å². The fraction of sp³-hybridized carbons (Fsp3) is 0.632. The summed E-state index contributed by atoms with van der Waals surface area (Å²) in [5, 5.41) is 0. The molecule has 3 rings (SSSR count). The molecule has 2 fully saturated rings. The Kier molecular flexibility index (Phi) is 6.69. The summed E-state index contributed by atoms with van der Waals surface area (Å²) in [4.78, 5) is 14.5. The molecule has 7 nitrogen and oxygen atoms in total. The lowest BCUT2D eigenvalue weighted by atomic mass is 9.96. The Bertz CT molecular complexity index is 807. The van der Waals surface area contributed by atoms with E-state index in [0.29, 0.717) is 39.4 Å². The van der Waals surface area contributed by atoms with Crippen LogP contribution in [-0.2, 0) is 19.5 Å². The highest BCUT2D eigenvalue weighted by molar-refractivity contribution is 7.89. The Morgan fingerprint density at radius 2 is 1.93 bits per heavy atom. The van der Waals surface area contributed by atoms with E-state index in [4.69, 9.17) is 9.47 Å². The summed E-state index contributed by atoms with van der Waals surface area (Å²) in [5.41, 5.74) is -0.220. The van der Waals surface area contributed by atoms with Gasteiger partial charge in [-0.2, -0.15) is 4.31 Å². The number of likely N-dealkylation sites (tertiary alicyclic amines) is 1. The molecular weight excluding hydrogens is 387 g/mol. The van der Waals surface area contributed by atoms with Crippen LogP contribution in [0, 0.1) is 11.7 Å². The number of piperidine rings is 1. The SMILES string of the molecule is CCN(CC)S(=O)(=O)c1ccc(F)c(C(=O)N2CCCC(C3OCCO3)C2)c1. The third kappa shape index (κ3) is 4.22. The minimum Gasteiger partial charge on any atom is -0.350 e. The third-order valence-electron chi connectivity index (χ3n) is 5.29. The van der Waals surface area contributed by atoms with E-state index in [9.17, 15) is 17.6 Å². The van der Waals surface area contributed by atoms with E-state index in [-0.39, 0.29) is 22.7 Å². The van der Waals surface area contributed by atoms with Crippen LogP contribution < -0.4 is 0 Å². The summed E-state index contributed by atoms with van der Waals surface area (Å²) in [7, 11) is -3.77. The van der Waals surface area contributed by atoms with Gasteiger partial charge in [0.2, 0.25) is 10.0 Å². The molecule has 1 amide bonds. The fourth-order valence-corrected chi connectivity index (χ4v) is 5.26. The molecular formula is C19H27FN2O5S. The lowest BCUT2D eigenvalue weighted by Gasteiger charge is -2.34. The molecule has 2 heterocycles. The van der Waals surface area contributed by atoms with Crippen LogP contribution in [0.3, 0.4) is 0 Å². The van der Waals surface area contributed by atoms with E-state index in [1.165, 1.54) is 10.4 Å². The second-order valence-electron chi connectivity index (χ2n) is 6.99. The van der Waals surface area contributed by atoms with Crippen molar-refractivity contribution in [2.45, 2.75) is 37.9 Å². The highest BCUT2D eigenvalue weighted by Gasteiger charge is 2.34. The van der Waals surface area contributed by atoms with Crippen LogP contribution in [0.2, 0.25) is 0 Å². The molecule has 1 aromatic carbocycles. The normalized spacial score (nSPS) is 21.4. The maximum absolute atomic E-state index is 14.4. The van der Waals surface area contributed by atoms with Crippen molar-refractivity contribution in [3.05, 3.63) is 29.6 Å². The third-order valence-corrected chi connectivity index (χ3v) is 7.33. The number of amides is 1. The summed E-state index contributed by atoms with van der Waals surface area (Å²) in [5.74, 6) is -1.19. The number of sulfonamides is 1. The summed E-state index contributed by atoms with van der Waals surface area (Å²) in [6.45, 7) is 6.03. The van der Waals surface area contributed by atoms with Crippen molar-refractivity contribution in [3.8, 4) is 0 Å². The first kappa shape index (κ1) is 21.2. The minimum atomic E-state index is -3.77. The second-order valence-corrected chi connectivity index (χ2v) is 8.93. The lowest BCUT2D eigenvalue weighted by Crippen LogP contribution is -2.44. The molecule has 0 saturated carbocycles. The van der Waals surface area contributed by atoms with Crippen LogP contribution in [0.4, 0.5) is 4.39 Å². The van der Waals surface area contributed by atoms with Crippen LogP contribution in [0.1, 0.15) is 37.0 Å². The zero-order chi connectivity index (χ0) is 20.3. The van der Waals surface area contributed by atoms with Gasteiger partial charge in [0.05, 0.1) is 23.7 Å². The standard InChI is InChI=1S/C19H27FN2O5S/c1-3-22(4-2)28(24,25)15-7-8-17(20)16(12-15)18(23)21-9-5-6-14(13-21)19-26-10-11-27-19/h7-8,12,14,19H,3-6,9-11,13H2,1-2H3. The van der Waals surface area contributed by atoms with Gasteiger partial charge in [0.1, 0.15) is 5.82 Å². The highest BCUT2D eigenvalue weighted by atomic mass is 32.2. The number of hydrogen-bond donors (Lipinski definition) is 0. The van der Waals surface area contributed by atoms with Crippen molar-refractivity contribution in [2.24, 2.45) is 5.92 Å². The first-order chi connectivity index (χ1) is 13.4. The Balaban J connectivity index is 1.83. The van der Waals surface area contributed by atoms with E-state index in [0.717, 1.165) is 25.0 Å². The molecule has 9 heteroatoms. The molecule has 156 valence electrons. The first-order valence-corrected chi connectivity index (χ1v) is 11.1. The van der Waals surface area contributed by atoms with E-state index >= 15 is 0 Å². The number of hydrogen-bond acceptors (Lipinski definition) is 5. The average molecular weight is 414 g/mol. The Hall–Kier alpha value is -1.55. The quantitative estimate of drug-likeness (QED) is 0.712. The maximum Gasteiger partial charge on any atom is 0.256 e. The van der Waals surface area contributed by atoms with E-state index in [1.807, 2.05) is 0 Å². The van der Waals surface area contributed by atoms with Gasteiger partial charge in [-0.15, -0.1) is 0 Å². The van der Waals surface area contributed by atoms with Crippen molar-refractivity contribution >= 4 is 15.9 Å². The average Bonchev–Trinajstić information content (AvgIpc) is 3.23. The summed E-state index contributed by atoms with van der Waals surface area (Å²) in [6.07, 6.45) is 1.29. The highest BCUT2D eigenvalue weighted by Crippen LogP contribution is 2.27. The molecule has 0 aliphatic carbocycles. The molecule has 28 heavy (non-hydrogen) atoms. The van der Waals surface area contributed by atoms with Crippen LogP contribution >= 0.6 is 0 Å². The number of nitrogens with zero attached hydrogens (tertiary/aromatic N) is 2. The largest absolute Gasteiger partial charge is 0.350 e. The number of carbonyl (C=O) groups excluding carboxylic acids is 1. The van der Waals surface area contributed by atoms with Crippen LogP contribution in [0.15, 0.2) is 23.1 Å². The Morgan fingerprint density at radius 1 is 1.25 bits per heavy atom. The summed E-state index contributed by atoms with van der Waals surface area (Å²) >= 11 is 0. The van der Waals surface area contributed by atoms with E-state index in [1.54, 1.807) is 18.7 Å². The van der Waals surface area contributed by atoms with Gasteiger partial charge in [-0.1, -0.05) is 13.8 Å². The molecule has 2 aliphatic rings. The lowest BCUT2D eigenvalue weighted by molar-refractivity contribution is -0.0969. The van der Waals surface area contributed by atoms with E-state index < -0.39 is 21.7 Å². The van der Waals surface area contributed by atoms with Gasteiger partial charge in [0.15, 0.2) is 6.29 Å². The molecule has 0 bridgehead atoms. The van der Waals surface area contributed by atoms with Gasteiger partial charge >= 0.3 is 0 Å². The van der Waals surface area contributed by atoms with Gasteiger partial charge in [0, 0.05) is 32.1 Å².